The zero-order valence-corrected chi connectivity index (χ0v) is 9.59. The van der Waals surface area contributed by atoms with Crippen LogP contribution in [0.2, 0.25) is 0 Å². The van der Waals surface area contributed by atoms with Crippen molar-refractivity contribution in [3.63, 3.8) is 0 Å². The third kappa shape index (κ3) is 2.36. The summed E-state index contributed by atoms with van der Waals surface area (Å²) < 4.78 is 0. The molecule has 0 aliphatic carbocycles. The summed E-state index contributed by atoms with van der Waals surface area (Å²) in [7, 11) is 0. The molecule has 0 amide bonds. The molecule has 0 spiro atoms. The molecule has 2 rings (SSSR count). The Morgan fingerprint density at radius 2 is 1.44 bits per heavy atom. The van der Waals surface area contributed by atoms with E-state index in [2.05, 4.69) is 5.92 Å². The second kappa shape index (κ2) is 5.11. The Labute approximate surface area is 105 Å². The molecule has 0 aromatic heterocycles. The average molecular weight is 234 g/mol. The van der Waals surface area contributed by atoms with E-state index in [0.717, 1.165) is 0 Å². The topological polar surface area (TPSA) is 34.1 Å². The molecular formula is C16H10O2. The van der Waals surface area contributed by atoms with Crippen molar-refractivity contribution in [2.75, 3.05) is 0 Å². The fraction of sp³-hybridized carbons (Fsp3) is 0. The van der Waals surface area contributed by atoms with Crippen molar-refractivity contribution in [3.05, 3.63) is 71.3 Å². The third-order valence-electron chi connectivity index (χ3n) is 2.53. The fourth-order valence-corrected chi connectivity index (χ4v) is 1.60. The fourth-order valence-electron chi connectivity index (χ4n) is 1.60. The molecule has 0 radical (unpaired) electrons. The summed E-state index contributed by atoms with van der Waals surface area (Å²) in [6.07, 6.45) is 5.26. The molecule has 0 N–H and O–H groups in total. The van der Waals surface area contributed by atoms with E-state index >= 15 is 0 Å². The molecule has 0 aliphatic heterocycles. The molecular weight excluding hydrogens is 224 g/mol. The molecule has 0 fully saturated rings. The van der Waals surface area contributed by atoms with Gasteiger partial charge in [0.25, 0.3) is 0 Å². The van der Waals surface area contributed by atoms with Crippen LogP contribution >= 0.6 is 0 Å². The van der Waals surface area contributed by atoms with Gasteiger partial charge in [-0.1, -0.05) is 48.4 Å². The standard InChI is InChI=1S/C16H10O2/c1-2-12-7-6-10-14(11-12)16(18)15(17)13-8-4-3-5-9-13/h1,3-11H. The molecule has 18 heavy (non-hydrogen) atoms. The van der Waals surface area contributed by atoms with Crippen LogP contribution in [0.15, 0.2) is 54.6 Å². The molecule has 0 aliphatic rings. The van der Waals surface area contributed by atoms with Crippen LogP contribution in [-0.2, 0) is 0 Å². The number of hydrogen-bond acceptors (Lipinski definition) is 2. The Morgan fingerprint density at radius 3 is 2.11 bits per heavy atom. The lowest BCUT2D eigenvalue weighted by atomic mass is 10.0. The summed E-state index contributed by atoms with van der Waals surface area (Å²) in [5, 5.41) is 0. The molecule has 2 heteroatoms. The minimum absolute atomic E-state index is 0.319. The van der Waals surface area contributed by atoms with Crippen molar-refractivity contribution in [1.82, 2.24) is 0 Å². The van der Waals surface area contributed by atoms with E-state index < -0.39 is 11.6 Å². The van der Waals surface area contributed by atoms with Crippen LogP contribution in [0.3, 0.4) is 0 Å². The monoisotopic (exact) mass is 234 g/mol. The first kappa shape index (κ1) is 11.8. The minimum Gasteiger partial charge on any atom is -0.285 e. The number of carbonyl (C=O) groups excluding carboxylic acids is 2. The highest BCUT2D eigenvalue weighted by Crippen LogP contribution is 2.09. The Bertz CT molecular complexity index is 634. The van der Waals surface area contributed by atoms with Gasteiger partial charge in [-0.3, -0.25) is 9.59 Å². The lowest BCUT2D eigenvalue weighted by Gasteiger charge is -2.01. The van der Waals surface area contributed by atoms with Crippen LogP contribution in [0, 0.1) is 12.3 Å². The third-order valence-corrected chi connectivity index (χ3v) is 2.53. The Kier molecular flexibility index (Phi) is 3.36. The number of carbonyl (C=O) groups is 2. The number of Topliss-reactive ketones (excluding diaryl/α,β-unsaturated/α-hetero) is 2. The molecule has 0 bridgehead atoms. The van der Waals surface area contributed by atoms with Crippen molar-refractivity contribution >= 4 is 11.6 Å². The van der Waals surface area contributed by atoms with E-state index in [1.807, 2.05) is 0 Å². The van der Waals surface area contributed by atoms with Crippen molar-refractivity contribution in [2.45, 2.75) is 0 Å². The number of benzene rings is 2. The van der Waals surface area contributed by atoms with E-state index in [0.29, 0.717) is 16.7 Å². The molecule has 0 atom stereocenters. The lowest BCUT2D eigenvalue weighted by Crippen LogP contribution is -2.14. The Balaban J connectivity index is 2.32. The van der Waals surface area contributed by atoms with Crippen LogP contribution in [0.25, 0.3) is 0 Å². The van der Waals surface area contributed by atoms with E-state index in [-0.39, 0.29) is 0 Å². The second-order valence-electron chi connectivity index (χ2n) is 3.75. The van der Waals surface area contributed by atoms with Gasteiger partial charge in [0.15, 0.2) is 0 Å². The highest BCUT2D eigenvalue weighted by atomic mass is 16.2. The van der Waals surface area contributed by atoms with Gasteiger partial charge in [-0.05, 0) is 12.1 Å². The van der Waals surface area contributed by atoms with Crippen LogP contribution in [0.4, 0.5) is 0 Å². The normalized spacial score (nSPS) is 9.50. The van der Waals surface area contributed by atoms with Crippen LogP contribution < -0.4 is 0 Å². The maximum Gasteiger partial charge on any atom is 0.233 e. The van der Waals surface area contributed by atoms with Crippen molar-refractivity contribution in [3.8, 4) is 12.3 Å². The molecule has 0 heterocycles. The highest BCUT2D eigenvalue weighted by molar-refractivity contribution is 6.49. The van der Waals surface area contributed by atoms with E-state index in [4.69, 9.17) is 6.42 Å². The number of ketones is 2. The first-order chi connectivity index (χ1) is 8.72. The average Bonchev–Trinajstić information content (AvgIpc) is 2.46. The van der Waals surface area contributed by atoms with Gasteiger partial charge in [0, 0.05) is 16.7 Å². The molecule has 0 saturated carbocycles. The smallest absolute Gasteiger partial charge is 0.233 e. The van der Waals surface area contributed by atoms with Crippen molar-refractivity contribution in [2.24, 2.45) is 0 Å². The summed E-state index contributed by atoms with van der Waals surface area (Å²) in [6, 6.07) is 15.0. The Morgan fingerprint density at radius 1 is 0.833 bits per heavy atom. The maximum atomic E-state index is 12.0. The summed E-state index contributed by atoms with van der Waals surface area (Å²) in [5.41, 5.74) is 1.29. The Hall–Kier alpha value is -2.66. The van der Waals surface area contributed by atoms with Crippen LogP contribution in [0.1, 0.15) is 26.3 Å². The minimum atomic E-state index is -0.543. The van der Waals surface area contributed by atoms with Gasteiger partial charge in [-0.25, -0.2) is 0 Å². The zero-order valence-electron chi connectivity index (χ0n) is 9.59. The van der Waals surface area contributed by atoms with E-state index in [1.54, 1.807) is 54.6 Å². The predicted molar refractivity (Wildman–Crippen MR) is 69.5 cm³/mol. The molecule has 2 aromatic carbocycles. The van der Waals surface area contributed by atoms with Gasteiger partial charge < -0.3 is 0 Å². The number of hydrogen-bond donors (Lipinski definition) is 0. The van der Waals surface area contributed by atoms with Gasteiger partial charge in [0.05, 0.1) is 0 Å². The molecule has 0 unspecified atom stereocenters. The molecule has 2 nitrogen and oxygen atoms in total. The summed E-state index contributed by atoms with van der Waals surface area (Å²) in [5.74, 6) is 1.37. The van der Waals surface area contributed by atoms with Crippen LogP contribution in [-0.4, -0.2) is 11.6 Å². The second-order valence-corrected chi connectivity index (χ2v) is 3.75. The summed E-state index contributed by atoms with van der Waals surface area (Å²) in [4.78, 5) is 23.9. The summed E-state index contributed by atoms with van der Waals surface area (Å²) in [6.45, 7) is 0. The van der Waals surface area contributed by atoms with Gasteiger partial charge in [-0.15, -0.1) is 6.42 Å². The summed E-state index contributed by atoms with van der Waals surface area (Å²) >= 11 is 0. The molecule has 2 aromatic rings. The SMILES string of the molecule is C#Cc1cccc(C(=O)C(=O)c2ccccc2)c1. The van der Waals surface area contributed by atoms with Gasteiger partial charge in [0.2, 0.25) is 11.6 Å². The number of rotatable bonds is 3. The first-order valence-corrected chi connectivity index (χ1v) is 5.43. The van der Waals surface area contributed by atoms with Crippen molar-refractivity contribution < 1.29 is 9.59 Å². The van der Waals surface area contributed by atoms with E-state index in [9.17, 15) is 9.59 Å². The van der Waals surface area contributed by atoms with Gasteiger partial charge in [-0.2, -0.15) is 0 Å². The van der Waals surface area contributed by atoms with Crippen molar-refractivity contribution in [1.29, 1.82) is 0 Å². The molecule has 0 saturated heterocycles. The highest BCUT2D eigenvalue weighted by Gasteiger charge is 2.17. The maximum absolute atomic E-state index is 12.0. The van der Waals surface area contributed by atoms with E-state index in [1.165, 1.54) is 0 Å². The molecule has 86 valence electrons. The first-order valence-electron chi connectivity index (χ1n) is 5.43. The quantitative estimate of drug-likeness (QED) is 0.465. The van der Waals surface area contributed by atoms with Crippen LogP contribution in [0.5, 0.6) is 0 Å². The lowest BCUT2D eigenvalue weighted by molar-refractivity contribution is 0.0817. The predicted octanol–water partition coefficient (Wildman–Crippen LogP) is 2.73. The largest absolute Gasteiger partial charge is 0.285 e. The van der Waals surface area contributed by atoms with Gasteiger partial charge >= 0.3 is 0 Å². The number of terminal acetylenes is 1. The van der Waals surface area contributed by atoms with Gasteiger partial charge in [0.1, 0.15) is 0 Å². The zero-order chi connectivity index (χ0) is 13.0.